The van der Waals surface area contributed by atoms with Gasteiger partial charge in [-0.25, -0.2) is 4.39 Å². The zero-order valence-corrected chi connectivity index (χ0v) is 19.8. The number of pyridine rings is 1. The fraction of sp³-hybridized carbons (Fsp3) is 0.261. The molecule has 14 heteroatoms. The van der Waals surface area contributed by atoms with Crippen molar-refractivity contribution >= 4 is 11.6 Å². The Morgan fingerprint density at radius 1 is 1.03 bits per heavy atom. The lowest BCUT2D eigenvalue weighted by atomic mass is 10.0. The summed E-state index contributed by atoms with van der Waals surface area (Å²) in [7, 11) is 0. The summed E-state index contributed by atoms with van der Waals surface area (Å²) in [5.74, 6) is -0.0667. The van der Waals surface area contributed by atoms with E-state index < -0.39 is 12.4 Å². The Balaban J connectivity index is 1.34. The van der Waals surface area contributed by atoms with Gasteiger partial charge in [0.05, 0.1) is 34.8 Å². The summed E-state index contributed by atoms with van der Waals surface area (Å²) >= 11 is 6.07. The van der Waals surface area contributed by atoms with E-state index in [1.165, 1.54) is 23.3 Å². The number of benzene rings is 1. The average Bonchev–Trinajstić information content (AvgIpc) is 3.32. The molecule has 4 aromatic heterocycles. The Morgan fingerprint density at radius 3 is 2.57 bits per heavy atom. The van der Waals surface area contributed by atoms with Crippen molar-refractivity contribution in [1.82, 2.24) is 50.0 Å². The molecule has 1 aliphatic rings. The first-order valence-corrected chi connectivity index (χ1v) is 11.8. The maximum Gasteiger partial charge on any atom is 0.348 e. The van der Waals surface area contributed by atoms with Crippen LogP contribution in [-0.2, 0) is 0 Å². The maximum atomic E-state index is 15.1. The summed E-state index contributed by atoms with van der Waals surface area (Å²) in [5.41, 5.74) is 2.74. The molecule has 1 atom stereocenters. The van der Waals surface area contributed by atoms with Crippen LogP contribution in [0.1, 0.15) is 37.5 Å². The molecular weight excluding hydrogens is 509 g/mol. The molecule has 0 spiro atoms. The van der Waals surface area contributed by atoms with Crippen LogP contribution in [-0.4, -0.2) is 50.0 Å². The molecule has 1 saturated carbocycles. The van der Waals surface area contributed by atoms with Gasteiger partial charge in [0.1, 0.15) is 12.0 Å². The SMILES string of the molecule is Fc1c(Cl)ccc(-n2cnnn2)c1-c1ccc(C(CC2CC2)n2cc(-c3cnn(C(F)F)n3)cn2)nc1. The van der Waals surface area contributed by atoms with Gasteiger partial charge in [-0.1, -0.05) is 30.5 Å². The zero-order chi connectivity index (χ0) is 25.5. The van der Waals surface area contributed by atoms with E-state index in [0.717, 1.165) is 25.0 Å². The van der Waals surface area contributed by atoms with Gasteiger partial charge in [-0.3, -0.25) is 9.67 Å². The van der Waals surface area contributed by atoms with Gasteiger partial charge >= 0.3 is 6.55 Å². The van der Waals surface area contributed by atoms with Crippen LogP contribution in [0.25, 0.3) is 28.1 Å². The van der Waals surface area contributed by atoms with Gasteiger partial charge in [0, 0.05) is 29.1 Å². The van der Waals surface area contributed by atoms with Crippen LogP contribution in [0.4, 0.5) is 13.2 Å². The minimum Gasteiger partial charge on any atom is -0.263 e. The van der Waals surface area contributed by atoms with E-state index in [4.69, 9.17) is 11.6 Å². The maximum absolute atomic E-state index is 15.1. The number of aromatic nitrogens is 10. The molecule has 1 fully saturated rings. The number of tetrazole rings is 1. The number of halogens is 4. The molecule has 0 aliphatic heterocycles. The van der Waals surface area contributed by atoms with Crippen LogP contribution in [0.3, 0.4) is 0 Å². The molecule has 0 amide bonds. The minimum atomic E-state index is -2.82. The van der Waals surface area contributed by atoms with Crippen LogP contribution in [0.15, 0.2) is 55.4 Å². The Morgan fingerprint density at radius 2 is 1.89 bits per heavy atom. The number of hydrogen-bond acceptors (Lipinski definition) is 7. The second kappa shape index (κ2) is 9.39. The molecule has 188 valence electrons. The van der Waals surface area contributed by atoms with Crippen molar-refractivity contribution in [2.24, 2.45) is 5.92 Å². The first-order chi connectivity index (χ1) is 18.0. The van der Waals surface area contributed by atoms with Crippen molar-refractivity contribution in [3.05, 3.63) is 71.9 Å². The monoisotopic (exact) mass is 526 g/mol. The molecule has 1 unspecified atom stereocenters. The first kappa shape index (κ1) is 23.3. The standard InChI is InChI=1S/C23H18ClF3N10/c24-16-4-6-19(36-12-29-33-34-36)21(22(16)25)14-3-5-17(28-8-14)20(7-13-1-2-13)35-11-15(9-30-35)18-10-31-37(32-18)23(26)27/h3-6,8-13,20,23H,1-2,7H2. The van der Waals surface area contributed by atoms with E-state index in [9.17, 15) is 8.78 Å². The summed E-state index contributed by atoms with van der Waals surface area (Å²) in [5, 5.41) is 23.0. The van der Waals surface area contributed by atoms with E-state index in [2.05, 4.69) is 35.8 Å². The highest BCUT2D eigenvalue weighted by Crippen LogP contribution is 2.40. The summed E-state index contributed by atoms with van der Waals surface area (Å²) in [6, 6.07) is 6.46. The van der Waals surface area contributed by atoms with Crippen molar-refractivity contribution in [2.45, 2.75) is 31.9 Å². The first-order valence-electron chi connectivity index (χ1n) is 11.4. The fourth-order valence-electron chi connectivity index (χ4n) is 4.20. The van der Waals surface area contributed by atoms with Crippen LogP contribution >= 0.6 is 11.6 Å². The van der Waals surface area contributed by atoms with Gasteiger partial charge in [-0.15, -0.1) is 15.0 Å². The molecule has 1 aromatic carbocycles. The molecule has 4 heterocycles. The highest BCUT2D eigenvalue weighted by atomic mass is 35.5. The molecular formula is C23H18ClF3N10. The summed E-state index contributed by atoms with van der Waals surface area (Å²) in [6.45, 7) is -2.82. The van der Waals surface area contributed by atoms with E-state index >= 15 is 4.39 Å². The predicted molar refractivity (Wildman–Crippen MR) is 125 cm³/mol. The molecule has 10 nitrogen and oxygen atoms in total. The molecule has 5 aromatic rings. The van der Waals surface area contributed by atoms with E-state index in [-0.39, 0.29) is 16.6 Å². The highest BCUT2D eigenvalue weighted by molar-refractivity contribution is 6.31. The van der Waals surface area contributed by atoms with Crippen LogP contribution in [0, 0.1) is 11.7 Å². The number of hydrogen-bond donors (Lipinski definition) is 0. The third kappa shape index (κ3) is 4.57. The van der Waals surface area contributed by atoms with Gasteiger partial charge in [0.25, 0.3) is 0 Å². The lowest BCUT2D eigenvalue weighted by molar-refractivity contribution is 0.0415. The fourth-order valence-corrected chi connectivity index (χ4v) is 4.36. The number of rotatable bonds is 8. The smallest absolute Gasteiger partial charge is 0.263 e. The lowest BCUT2D eigenvalue weighted by Crippen LogP contribution is -2.13. The van der Waals surface area contributed by atoms with Crippen molar-refractivity contribution in [2.75, 3.05) is 0 Å². The van der Waals surface area contributed by atoms with Gasteiger partial charge < -0.3 is 0 Å². The second-order valence-electron chi connectivity index (χ2n) is 8.71. The van der Waals surface area contributed by atoms with Crippen molar-refractivity contribution < 1.29 is 13.2 Å². The quantitative estimate of drug-likeness (QED) is 0.287. The van der Waals surface area contributed by atoms with Crippen molar-refractivity contribution in [1.29, 1.82) is 0 Å². The zero-order valence-electron chi connectivity index (χ0n) is 19.0. The number of alkyl halides is 2. The number of nitrogens with zero attached hydrogens (tertiary/aromatic N) is 10. The van der Waals surface area contributed by atoms with Gasteiger partial charge in [0.15, 0.2) is 5.82 Å². The molecule has 37 heavy (non-hydrogen) atoms. The van der Waals surface area contributed by atoms with E-state index in [1.807, 2.05) is 6.07 Å². The van der Waals surface area contributed by atoms with Crippen molar-refractivity contribution in [3.8, 4) is 28.1 Å². The molecule has 0 N–H and O–H groups in total. The summed E-state index contributed by atoms with van der Waals surface area (Å²) in [6.07, 6.45) is 10.6. The largest absolute Gasteiger partial charge is 0.348 e. The van der Waals surface area contributed by atoms with Crippen molar-refractivity contribution in [3.63, 3.8) is 0 Å². The van der Waals surface area contributed by atoms with Crippen LogP contribution in [0.5, 0.6) is 0 Å². The minimum absolute atomic E-state index is 0.0321. The molecule has 0 bridgehead atoms. The van der Waals surface area contributed by atoms with Crippen LogP contribution < -0.4 is 0 Å². The van der Waals surface area contributed by atoms with Gasteiger partial charge in [0.2, 0.25) is 0 Å². The van der Waals surface area contributed by atoms with Gasteiger partial charge in [-0.2, -0.15) is 23.7 Å². The second-order valence-corrected chi connectivity index (χ2v) is 9.12. The highest BCUT2D eigenvalue weighted by Gasteiger charge is 2.29. The molecule has 0 radical (unpaired) electrons. The molecule has 1 aliphatic carbocycles. The van der Waals surface area contributed by atoms with E-state index in [1.54, 1.807) is 35.4 Å². The average molecular weight is 527 g/mol. The topological polar surface area (TPSA) is 105 Å². The Kier molecular flexibility index (Phi) is 5.91. The Hall–Kier alpha value is -4.13. The summed E-state index contributed by atoms with van der Waals surface area (Å²) in [4.78, 5) is 5.01. The normalized spacial score (nSPS) is 14.4. The third-order valence-electron chi connectivity index (χ3n) is 6.24. The third-order valence-corrected chi connectivity index (χ3v) is 6.53. The molecule has 6 rings (SSSR count). The Bertz CT molecular complexity index is 1530. The summed E-state index contributed by atoms with van der Waals surface area (Å²) < 4.78 is 44.0. The van der Waals surface area contributed by atoms with E-state index in [0.29, 0.717) is 33.2 Å². The predicted octanol–water partition coefficient (Wildman–Crippen LogP) is 4.76. The van der Waals surface area contributed by atoms with Crippen LogP contribution in [0.2, 0.25) is 5.02 Å². The lowest BCUT2D eigenvalue weighted by Gasteiger charge is -2.18. The van der Waals surface area contributed by atoms with Gasteiger partial charge in [-0.05, 0) is 41.0 Å². The molecule has 0 saturated heterocycles. The Labute approximate surface area is 212 Å².